The fraction of sp³-hybridized carbons (Fsp3) is 0.278. The van der Waals surface area contributed by atoms with Gasteiger partial charge in [-0.1, -0.05) is 23.2 Å². The minimum Gasteiger partial charge on any atom is -0.480 e. The summed E-state index contributed by atoms with van der Waals surface area (Å²) in [6.45, 7) is 0.282. The molecule has 0 amide bonds. The maximum atomic E-state index is 11.8. The van der Waals surface area contributed by atoms with Crippen molar-refractivity contribution in [3.8, 4) is 5.69 Å². The third kappa shape index (κ3) is 3.01. The maximum Gasteiger partial charge on any atom is 0.326 e. The number of nitrogens with zero attached hydrogens (tertiary/aromatic N) is 4. The summed E-state index contributed by atoms with van der Waals surface area (Å²) in [5.41, 5.74) is 1.25. The second-order valence-electron chi connectivity index (χ2n) is 6.43. The SMILES string of the molecule is O=C(O)C1C(CO)CCN1c1cc(-n2ccnc2)c2ccc(Cl)c(Cl)c2n1. The van der Waals surface area contributed by atoms with Gasteiger partial charge in [0.2, 0.25) is 0 Å². The number of carboxylic acid groups (broad SMARTS) is 1. The molecule has 0 spiro atoms. The standard InChI is InChI=1S/C18H16Cl2N4O3/c19-12-2-1-11-13(23-6-4-21-9-23)7-14(22-16(11)15(12)20)24-5-3-10(8-25)17(24)18(26)27/h1-2,4,6-7,9-10,17,25H,3,5,8H2,(H,26,27). The zero-order chi connectivity index (χ0) is 19.1. The van der Waals surface area contributed by atoms with Crippen LogP contribution in [0.5, 0.6) is 0 Å². The second-order valence-corrected chi connectivity index (χ2v) is 7.22. The first kappa shape index (κ1) is 18.0. The average Bonchev–Trinajstić information content (AvgIpc) is 3.33. The highest BCUT2D eigenvalue weighted by molar-refractivity contribution is 6.45. The summed E-state index contributed by atoms with van der Waals surface area (Å²) in [6.07, 6.45) is 5.66. The average molecular weight is 407 g/mol. The number of aliphatic hydroxyl groups excluding tert-OH is 1. The fourth-order valence-corrected chi connectivity index (χ4v) is 3.96. The second kappa shape index (κ2) is 6.99. The molecular formula is C18H16Cl2N4O3. The van der Waals surface area contributed by atoms with Gasteiger partial charge in [-0.05, 0) is 18.6 Å². The summed E-state index contributed by atoms with van der Waals surface area (Å²) in [4.78, 5) is 22.2. The van der Waals surface area contributed by atoms with Crippen LogP contribution in [0, 0.1) is 5.92 Å². The van der Waals surface area contributed by atoms with Gasteiger partial charge < -0.3 is 19.7 Å². The van der Waals surface area contributed by atoms with E-state index in [0.717, 1.165) is 11.1 Å². The highest BCUT2D eigenvalue weighted by Crippen LogP contribution is 2.37. The molecule has 2 aromatic heterocycles. The van der Waals surface area contributed by atoms with Crippen LogP contribution < -0.4 is 4.90 Å². The lowest BCUT2D eigenvalue weighted by atomic mass is 10.0. The molecule has 0 aliphatic carbocycles. The Labute approximate surface area is 164 Å². The third-order valence-corrected chi connectivity index (χ3v) is 5.72. The summed E-state index contributed by atoms with van der Waals surface area (Å²) >= 11 is 12.6. The van der Waals surface area contributed by atoms with E-state index in [-0.39, 0.29) is 12.5 Å². The predicted molar refractivity (Wildman–Crippen MR) is 103 cm³/mol. The number of benzene rings is 1. The number of aliphatic hydroxyl groups is 1. The molecule has 0 bridgehead atoms. The molecule has 3 heterocycles. The molecule has 2 atom stereocenters. The first-order valence-corrected chi connectivity index (χ1v) is 9.14. The third-order valence-electron chi connectivity index (χ3n) is 4.92. The van der Waals surface area contributed by atoms with Crippen LogP contribution >= 0.6 is 23.2 Å². The number of pyridine rings is 1. The molecule has 1 fully saturated rings. The number of aliphatic carboxylic acids is 1. The van der Waals surface area contributed by atoms with Gasteiger partial charge in [-0.25, -0.2) is 14.8 Å². The van der Waals surface area contributed by atoms with Gasteiger partial charge in [-0.2, -0.15) is 0 Å². The Morgan fingerprint density at radius 3 is 2.81 bits per heavy atom. The van der Waals surface area contributed by atoms with Crippen molar-refractivity contribution in [1.82, 2.24) is 14.5 Å². The van der Waals surface area contributed by atoms with Crippen molar-refractivity contribution >= 4 is 45.9 Å². The monoisotopic (exact) mass is 406 g/mol. The van der Waals surface area contributed by atoms with Crippen LogP contribution in [0.3, 0.4) is 0 Å². The lowest BCUT2D eigenvalue weighted by Crippen LogP contribution is -2.41. The Morgan fingerprint density at radius 2 is 2.15 bits per heavy atom. The van der Waals surface area contributed by atoms with Gasteiger partial charge in [-0.15, -0.1) is 0 Å². The minimum atomic E-state index is -0.991. The van der Waals surface area contributed by atoms with Crippen LogP contribution in [0.15, 0.2) is 36.9 Å². The molecular weight excluding hydrogens is 391 g/mol. The summed E-state index contributed by atoms with van der Waals surface area (Å²) < 4.78 is 1.81. The number of fused-ring (bicyclic) bond motifs is 1. The number of hydrogen-bond donors (Lipinski definition) is 2. The van der Waals surface area contributed by atoms with E-state index < -0.39 is 12.0 Å². The number of hydrogen-bond acceptors (Lipinski definition) is 5. The number of carboxylic acids is 1. The smallest absolute Gasteiger partial charge is 0.326 e. The number of aromatic nitrogens is 3. The quantitative estimate of drug-likeness (QED) is 0.691. The zero-order valence-corrected chi connectivity index (χ0v) is 15.6. The molecule has 0 radical (unpaired) electrons. The van der Waals surface area contributed by atoms with E-state index in [1.165, 1.54) is 0 Å². The molecule has 1 aliphatic rings. The van der Waals surface area contributed by atoms with E-state index in [1.54, 1.807) is 29.7 Å². The van der Waals surface area contributed by atoms with Gasteiger partial charge in [0, 0.05) is 42.9 Å². The van der Waals surface area contributed by atoms with Gasteiger partial charge >= 0.3 is 5.97 Å². The van der Waals surface area contributed by atoms with Gasteiger partial charge in [-0.3, -0.25) is 0 Å². The molecule has 7 nitrogen and oxygen atoms in total. The van der Waals surface area contributed by atoms with E-state index >= 15 is 0 Å². The summed E-state index contributed by atoms with van der Waals surface area (Å²) in [7, 11) is 0. The first-order chi connectivity index (χ1) is 13.0. The van der Waals surface area contributed by atoms with Crippen LogP contribution in [-0.4, -0.2) is 49.9 Å². The normalized spacial score (nSPS) is 19.7. The molecule has 2 unspecified atom stereocenters. The van der Waals surface area contributed by atoms with Crippen molar-refractivity contribution in [2.75, 3.05) is 18.1 Å². The van der Waals surface area contributed by atoms with Gasteiger partial charge in [0.15, 0.2) is 0 Å². The van der Waals surface area contributed by atoms with E-state index in [0.29, 0.717) is 34.3 Å². The molecule has 1 aliphatic heterocycles. The fourth-order valence-electron chi connectivity index (χ4n) is 3.60. The first-order valence-electron chi connectivity index (χ1n) is 8.38. The van der Waals surface area contributed by atoms with Gasteiger partial charge in [0.1, 0.15) is 11.9 Å². The number of carbonyl (C=O) groups is 1. The zero-order valence-electron chi connectivity index (χ0n) is 14.1. The molecule has 2 N–H and O–H groups in total. The molecule has 9 heteroatoms. The van der Waals surface area contributed by atoms with Crippen molar-refractivity contribution in [2.45, 2.75) is 12.5 Å². The molecule has 0 saturated carbocycles. The van der Waals surface area contributed by atoms with E-state index in [9.17, 15) is 15.0 Å². The number of anilines is 1. The predicted octanol–water partition coefficient (Wildman–Crippen LogP) is 3.00. The highest BCUT2D eigenvalue weighted by Gasteiger charge is 2.40. The Kier molecular flexibility index (Phi) is 4.67. The summed E-state index contributed by atoms with van der Waals surface area (Å²) in [5.74, 6) is -0.875. The van der Waals surface area contributed by atoms with Crippen molar-refractivity contribution in [3.05, 3.63) is 47.0 Å². The van der Waals surface area contributed by atoms with Crippen molar-refractivity contribution in [3.63, 3.8) is 0 Å². The molecule has 140 valence electrons. The Bertz CT molecular complexity index is 1010. The van der Waals surface area contributed by atoms with Gasteiger partial charge in [0.05, 0.1) is 27.6 Å². The van der Waals surface area contributed by atoms with Crippen LogP contribution in [0.2, 0.25) is 10.0 Å². The van der Waals surface area contributed by atoms with Gasteiger partial charge in [0.25, 0.3) is 0 Å². The lowest BCUT2D eigenvalue weighted by molar-refractivity contribution is -0.139. The van der Waals surface area contributed by atoms with E-state index in [1.807, 2.05) is 16.7 Å². The van der Waals surface area contributed by atoms with Crippen LogP contribution in [0.1, 0.15) is 6.42 Å². The highest BCUT2D eigenvalue weighted by atomic mass is 35.5. The van der Waals surface area contributed by atoms with E-state index in [2.05, 4.69) is 9.97 Å². The molecule has 1 aromatic carbocycles. The van der Waals surface area contributed by atoms with Crippen LogP contribution in [-0.2, 0) is 4.79 Å². The lowest BCUT2D eigenvalue weighted by Gasteiger charge is -2.26. The van der Waals surface area contributed by atoms with Crippen LogP contribution in [0.25, 0.3) is 16.6 Å². The van der Waals surface area contributed by atoms with Crippen molar-refractivity contribution in [1.29, 1.82) is 0 Å². The van der Waals surface area contributed by atoms with Crippen molar-refractivity contribution < 1.29 is 15.0 Å². The van der Waals surface area contributed by atoms with E-state index in [4.69, 9.17) is 23.2 Å². The Morgan fingerprint density at radius 1 is 1.33 bits per heavy atom. The molecule has 1 saturated heterocycles. The Balaban J connectivity index is 1.94. The summed E-state index contributed by atoms with van der Waals surface area (Å²) in [5, 5.41) is 20.7. The number of rotatable bonds is 4. The molecule has 4 rings (SSSR count). The minimum absolute atomic E-state index is 0.192. The van der Waals surface area contributed by atoms with Crippen molar-refractivity contribution in [2.24, 2.45) is 5.92 Å². The number of halogens is 2. The van der Waals surface area contributed by atoms with Crippen LogP contribution in [0.4, 0.5) is 5.82 Å². The summed E-state index contributed by atoms with van der Waals surface area (Å²) in [6, 6.07) is 4.48. The topological polar surface area (TPSA) is 91.5 Å². The molecule has 27 heavy (non-hydrogen) atoms. The molecule has 3 aromatic rings. The maximum absolute atomic E-state index is 11.8. The number of imidazole rings is 1. The Hall–Kier alpha value is -2.35. The largest absolute Gasteiger partial charge is 0.480 e.